The number of nitrogens with zero attached hydrogens (tertiary/aromatic N) is 3. The van der Waals surface area contributed by atoms with E-state index in [-0.39, 0.29) is 5.69 Å². The van der Waals surface area contributed by atoms with Crippen LogP contribution in [0, 0.1) is 6.92 Å². The summed E-state index contributed by atoms with van der Waals surface area (Å²) in [6.45, 7) is 1.77. The number of hydrogen-bond acceptors (Lipinski definition) is 4. The lowest BCUT2D eigenvalue weighted by atomic mass is 10.2. The van der Waals surface area contributed by atoms with Crippen LogP contribution in [0.4, 0.5) is 0 Å². The highest BCUT2D eigenvalue weighted by Gasteiger charge is 2.05. The van der Waals surface area contributed by atoms with Gasteiger partial charge in [0.15, 0.2) is 0 Å². The molecule has 70 valence electrons. The lowest BCUT2D eigenvalue weighted by Gasteiger charge is -1.98. The number of fused-ring (bicyclic) bond motifs is 1. The average Bonchev–Trinajstić information content (AvgIpc) is 2.16. The van der Waals surface area contributed by atoms with E-state index in [2.05, 4.69) is 15.0 Å². The number of carboxylic acid groups (broad SMARTS) is 1. The molecule has 0 fully saturated rings. The van der Waals surface area contributed by atoms with Gasteiger partial charge in [-0.15, -0.1) is 0 Å². The standard InChI is InChI=1S/C9H7N3O2/c1-5-10-3-6-2-7(9(13)14)11-4-8(6)12-5/h2-4H,1H3,(H,13,14). The number of rotatable bonds is 1. The first kappa shape index (κ1) is 8.55. The van der Waals surface area contributed by atoms with Gasteiger partial charge in [0.1, 0.15) is 11.5 Å². The van der Waals surface area contributed by atoms with Crippen molar-refractivity contribution in [3.8, 4) is 0 Å². The summed E-state index contributed by atoms with van der Waals surface area (Å²) in [7, 11) is 0. The van der Waals surface area contributed by atoms with Gasteiger partial charge in [0.05, 0.1) is 11.7 Å². The first-order valence-corrected chi connectivity index (χ1v) is 3.99. The monoisotopic (exact) mass is 189 g/mol. The highest BCUT2D eigenvalue weighted by Crippen LogP contribution is 2.10. The van der Waals surface area contributed by atoms with Crippen LogP contribution in [0.1, 0.15) is 16.3 Å². The van der Waals surface area contributed by atoms with Crippen LogP contribution in [0.15, 0.2) is 18.5 Å². The van der Waals surface area contributed by atoms with Crippen LogP contribution in [0.3, 0.4) is 0 Å². The number of aryl methyl sites for hydroxylation is 1. The summed E-state index contributed by atoms with van der Waals surface area (Å²) in [6.07, 6.45) is 3.03. The third kappa shape index (κ3) is 1.39. The molecule has 0 atom stereocenters. The molecule has 0 bridgehead atoms. The molecule has 0 amide bonds. The van der Waals surface area contributed by atoms with Crippen LogP contribution >= 0.6 is 0 Å². The highest BCUT2D eigenvalue weighted by atomic mass is 16.4. The minimum atomic E-state index is -1.05. The minimum Gasteiger partial charge on any atom is -0.477 e. The van der Waals surface area contributed by atoms with Crippen molar-refractivity contribution in [3.63, 3.8) is 0 Å². The highest BCUT2D eigenvalue weighted by molar-refractivity contribution is 5.90. The van der Waals surface area contributed by atoms with Gasteiger partial charge in [-0.1, -0.05) is 0 Å². The molecule has 0 aliphatic heterocycles. The zero-order chi connectivity index (χ0) is 10.1. The average molecular weight is 189 g/mol. The Morgan fingerprint density at radius 3 is 2.86 bits per heavy atom. The van der Waals surface area contributed by atoms with E-state index in [0.717, 1.165) is 0 Å². The van der Waals surface area contributed by atoms with Crippen molar-refractivity contribution in [1.29, 1.82) is 0 Å². The Morgan fingerprint density at radius 1 is 1.36 bits per heavy atom. The van der Waals surface area contributed by atoms with Crippen LogP contribution in [0.25, 0.3) is 10.9 Å². The van der Waals surface area contributed by atoms with Crippen molar-refractivity contribution in [2.75, 3.05) is 0 Å². The van der Waals surface area contributed by atoms with Crippen LogP contribution in [0.5, 0.6) is 0 Å². The number of aromatic nitrogens is 3. The third-order valence-electron chi connectivity index (χ3n) is 1.81. The Labute approximate surface area is 79.5 Å². The Morgan fingerprint density at radius 2 is 2.14 bits per heavy atom. The maximum atomic E-state index is 10.6. The van der Waals surface area contributed by atoms with E-state index in [0.29, 0.717) is 16.7 Å². The lowest BCUT2D eigenvalue weighted by Crippen LogP contribution is -2.00. The van der Waals surface area contributed by atoms with Gasteiger partial charge < -0.3 is 5.11 Å². The number of carbonyl (C=O) groups is 1. The molecule has 5 nitrogen and oxygen atoms in total. The molecular formula is C9H7N3O2. The molecule has 2 heterocycles. The first-order chi connectivity index (χ1) is 6.66. The van der Waals surface area contributed by atoms with Crippen molar-refractivity contribution < 1.29 is 9.90 Å². The van der Waals surface area contributed by atoms with Gasteiger partial charge in [-0.05, 0) is 13.0 Å². The van der Waals surface area contributed by atoms with E-state index in [1.807, 2.05) is 0 Å². The molecule has 1 N–H and O–H groups in total. The Balaban J connectivity index is 2.67. The molecule has 14 heavy (non-hydrogen) atoms. The van der Waals surface area contributed by atoms with Gasteiger partial charge in [0.25, 0.3) is 0 Å². The quantitative estimate of drug-likeness (QED) is 0.725. The summed E-state index contributed by atoms with van der Waals surface area (Å²) in [4.78, 5) is 22.5. The van der Waals surface area contributed by atoms with Gasteiger partial charge in [0.2, 0.25) is 0 Å². The number of aromatic carboxylic acids is 1. The molecule has 0 saturated heterocycles. The zero-order valence-corrected chi connectivity index (χ0v) is 7.43. The first-order valence-electron chi connectivity index (χ1n) is 3.99. The Hall–Kier alpha value is -2.04. The second-order valence-corrected chi connectivity index (χ2v) is 2.85. The predicted molar refractivity (Wildman–Crippen MR) is 49.0 cm³/mol. The van der Waals surface area contributed by atoms with E-state index in [1.54, 1.807) is 13.1 Å². The van der Waals surface area contributed by atoms with Crippen LogP contribution in [-0.4, -0.2) is 26.0 Å². The molecule has 0 aromatic carbocycles. The fourth-order valence-corrected chi connectivity index (χ4v) is 1.14. The molecule has 0 radical (unpaired) electrons. The third-order valence-corrected chi connectivity index (χ3v) is 1.81. The van der Waals surface area contributed by atoms with E-state index < -0.39 is 5.97 Å². The SMILES string of the molecule is Cc1ncc2cc(C(=O)O)ncc2n1. The largest absolute Gasteiger partial charge is 0.477 e. The maximum Gasteiger partial charge on any atom is 0.354 e. The van der Waals surface area contributed by atoms with Gasteiger partial charge >= 0.3 is 5.97 Å². The summed E-state index contributed by atoms with van der Waals surface area (Å²) in [5.74, 6) is -0.408. The molecule has 0 saturated carbocycles. The van der Waals surface area contributed by atoms with Crippen LogP contribution < -0.4 is 0 Å². The molecule has 2 aromatic heterocycles. The van der Waals surface area contributed by atoms with E-state index in [1.165, 1.54) is 12.3 Å². The minimum absolute atomic E-state index is 0.00459. The molecule has 0 aliphatic carbocycles. The van der Waals surface area contributed by atoms with Gasteiger partial charge in [-0.3, -0.25) is 0 Å². The summed E-state index contributed by atoms with van der Waals surface area (Å²) in [5, 5.41) is 9.38. The summed E-state index contributed by atoms with van der Waals surface area (Å²) in [5.41, 5.74) is 0.660. The maximum absolute atomic E-state index is 10.6. The molecule has 5 heteroatoms. The molecule has 0 spiro atoms. The van der Waals surface area contributed by atoms with Crippen molar-refractivity contribution in [2.45, 2.75) is 6.92 Å². The van der Waals surface area contributed by atoms with Crippen molar-refractivity contribution >= 4 is 16.9 Å². The van der Waals surface area contributed by atoms with Crippen LogP contribution in [-0.2, 0) is 0 Å². The molecule has 0 aliphatic rings. The fourth-order valence-electron chi connectivity index (χ4n) is 1.14. The van der Waals surface area contributed by atoms with E-state index >= 15 is 0 Å². The van der Waals surface area contributed by atoms with Gasteiger partial charge in [-0.25, -0.2) is 19.7 Å². The molecule has 2 rings (SSSR count). The van der Waals surface area contributed by atoms with Gasteiger partial charge in [0, 0.05) is 11.6 Å². The summed E-state index contributed by atoms with van der Waals surface area (Å²) in [6, 6.07) is 1.46. The smallest absolute Gasteiger partial charge is 0.354 e. The Kier molecular flexibility index (Phi) is 1.85. The second kappa shape index (κ2) is 3.02. The Bertz CT molecular complexity index is 510. The number of pyridine rings is 1. The molecular weight excluding hydrogens is 182 g/mol. The number of hydrogen-bond donors (Lipinski definition) is 1. The van der Waals surface area contributed by atoms with Crippen molar-refractivity contribution in [2.24, 2.45) is 0 Å². The van der Waals surface area contributed by atoms with Gasteiger partial charge in [-0.2, -0.15) is 0 Å². The summed E-state index contributed by atoms with van der Waals surface area (Å²) < 4.78 is 0. The van der Waals surface area contributed by atoms with Crippen molar-refractivity contribution in [3.05, 3.63) is 30.0 Å². The molecule has 2 aromatic rings. The van der Waals surface area contributed by atoms with Crippen molar-refractivity contribution in [1.82, 2.24) is 15.0 Å². The van der Waals surface area contributed by atoms with E-state index in [4.69, 9.17) is 5.11 Å². The zero-order valence-electron chi connectivity index (χ0n) is 7.43. The van der Waals surface area contributed by atoms with Crippen LogP contribution in [0.2, 0.25) is 0 Å². The normalized spacial score (nSPS) is 10.4. The molecule has 0 unspecified atom stereocenters. The lowest BCUT2D eigenvalue weighted by molar-refractivity contribution is 0.0691. The summed E-state index contributed by atoms with van der Waals surface area (Å²) >= 11 is 0. The number of carboxylic acids is 1. The topological polar surface area (TPSA) is 76.0 Å². The predicted octanol–water partition coefficient (Wildman–Crippen LogP) is 1.03. The van der Waals surface area contributed by atoms with E-state index in [9.17, 15) is 4.79 Å². The second-order valence-electron chi connectivity index (χ2n) is 2.85. The fraction of sp³-hybridized carbons (Fsp3) is 0.111.